The molecule has 2 aliphatic rings. The van der Waals surface area contributed by atoms with Gasteiger partial charge in [-0.1, -0.05) is 69.7 Å². The van der Waals surface area contributed by atoms with Crippen LogP contribution in [0.25, 0.3) is 0 Å². The molecule has 2 saturated carbocycles. The topological polar surface area (TPSA) is 70.5 Å². The van der Waals surface area contributed by atoms with Crippen molar-refractivity contribution in [2.24, 2.45) is 11.3 Å². The number of anilines is 2. The average Bonchev–Trinajstić information content (AvgIpc) is 3.08. The van der Waals surface area contributed by atoms with Crippen molar-refractivity contribution in [3.63, 3.8) is 0 Å². The highest BCUT2D eigenvalue weighted by molar-refractivity contribution is 5.47. The Morgan fingerprint density at radius 1 is 0.556 bits per heavy atom. The maximum Gasteiger partial charge on any atom is 0.127 e. The molecule has 0 spiro atoms. The Balaban J connectivity index is 1.26. The number of hydrogen-bond donors (Lipinski definition) is 2. The summed E-state index contributed by atoms with van der Waals surface area (Å²) in [7, 11) is 0. The number of nitrogens with two attached hydrogens (primary N) is 2. The third-order valence-electron chi connectivity index (χ3n) is 10.9. The lowest BCUT2D eigenvalue weighted by Gasteiger charge is -2.50. The predicted molar refractivity (Wildman–Crippen MR) is 187 cm³/mol. The molecule has 45 heavy (non-hydrogen) atoms. The van der Waals surface area contributed by atoms with Crippen LogP contribution in [-0.4, -0.2) is 0 Å². The second-order valence-corrected chi connectivity index (χ2v) is 13.6. The average molecular weight is 603 g/mol. The van der Waals surface area contributed by atoms with Crippen LogP contribution in [0.2, 0.25) is 0 Å². The zero-order chi connectivity index (χ0) is 31.1. The van der Waals surface area contributed by atoms with Crippen LogP contribution in [0.5, 0.6) is 23.0 Å². The van der Waals surface area contributed by atoms with Crippen LogP contribution < -0.4 is 20.9 Å². The summed E-state index contributed by atoms with van der Waals surface area (Å²) < 4.78 is 12.3. The molecule has 0 saturated heterocycles. The maximum atomic E-state index is 6.17. The monoisotopic (exact) mass is 602 g/mol. The van der Waals surface area contributed by atoms with Crippen molar-refractivity contribution >= 4 is 11.4 Å². The highest BCUT2D eigenvalue weighted by atomic mass is 16.5. The van der Waals surface area contributed by atoms with E-state index < -0.39 is 0 Å². The van der Waals surface area contributed by atoms with Gasteiger partial charge in [0, 0.05) is 16.8 Å². The molecule has 4 N–H and O–H groups in total. The first-order chi connectivity index (χ1) is 22.0. The van der Waals surface area contributed by atoms with Crippen LogP contribution in [-0.2, 0) is 5.41 Å². The van der Waals surface area contributed by atoms with Crippen molar-refractivity contribution in [3.8, 4) is 23.0 Å². The van der Waals surface area contributed by atoms with E-state index in [1.165, 1.54) is 94.6 Å². The molecule has 0 unspecified atom stereocenters. The van der Waals surface area contributed by atoms with E-state index in [1.807, 2.05) is 48.5 Å². The van der Waals surface area contributed by atoms with Gasteiger partial charge < -0.3 is 20.9 Å². The molecule has 0 atom stereocenters. The summed E-state index contributed by atoms with van der Waals surface area (Å²) in [4.78, 5) is 0. The summed E-state index contributed by atoms with van der Waals surface area (Å²) in [6.07, 6.45) is 17.5. The smallest absolute Gasteiger partial charge is 0.127 e. The SMILES string of the molecule is CCCCCC1(C2CCC(c3ccc(Oc4ccc(N)cc4)cc3)(c3ccc(Oc4ccc(N)cc4)cc3)CC2)CCCCC1. The minimum Gasteiger partial charge on any atom is -0.457 e. The Kier molecular flexibility index (Phi) is 9.68. The zero-order valence-electron chi connectivity index (χ0n) is 27.0. The number of hydrogen-bond acceptors (Lipinski definition) is 4. The van der Waals surface area contributed by atoms with E-state index in [2.05, 4.69) is 55.5 Å². The molecule has 2 aliphatic carbocycles. The van der Waals surface area contributed by atoms with E-state index in [-0.39, 0.29) is 5.41 Å². The van der Waals surface area contributed by atoms with E-state index >= 15 is 0 Å². The van der Waals surface area contributed by atoms with Crippen LogP contribution in [0.4, 0.5) is 11.4 Å². The van der Waals surface area contributed by atoms with Crippen molar-refractivity contribution in [2.75, 3.05) is 11.5 Å². The summed E-state index contributed by atoms with van der Waals surface area (Å²) in [6, 6.07) is 32.9. The molecule has 0 aliphatic heterocycles. The fourth-order valence-corrected chi connectivity index (χ4v) is 8.34. The fourth-order valence-electron chi connectivity index (χ4n) is 8.34. The van der Waals surface area contributed by atoms with E-state index in [4.69, 9.17) is 20.9 Å². The van der Waals surface area contributed by atoms with Gasteiger partial charge in [0.15, 0.2) is 0 Å². The molecule has 2 fully saturated rings. The normalized spacial score (nSPS) is 17.9. The zero-order valence-corrected chi connectivity index (χ0v) is 27.0. The standard InChI is InChI=1S/C41H50N2O2/c1-2-3-5-26-40(27-6-4-7-28-40)31-24-29-41(30-25-31,32-8-16-36(17-9-32)44-38-20-12-34(42)13-21-38)33-10-18-37(19-11-33)45-39-22-14-35(43)15-23-39/h8-23,31H,2-7,24-30,42-43H2,1H3. The van der Waals surface area contributed by atoms with Gasteiger partial charge in [-0.3, -0.25) is 0 Å². The molecule has 4 heteroatoms. The Labute approximate surface area is 270 Å². The van der Waals surface area contributed by atoms with Gasteiger partial charge in [-0.15, -0.1) is 0 Å². The van der Waals surface area contributed by atoms with Crippen molar-refractivity contribution in [1.82, 2.24) is 0 Å². The lowest BCUT2D eigenvalue weighted by atomic mass is 9.54. The molecule has 236 valence electrons. The first kappa shape index (κ1) is 31.1. The molecule has 4 aromatic rings. The predicted octanol–water partition coefficient (Wildman–Crippen LogP) is 11.4. The fraction of sp³-hybridized carbons (Fsp3) is 0.415. The van der Waals surface area contributed by atoms with Gasteiger partial charge in [-0.2, -0.15) is 0 Å². The second kappa shape index (κ2) is 14.0. The third-order valence-corrected chi connectivity index (χ3v) is 10.9. The molecule has 0 radical (unpaired) electrons. The number of rotatable bonds is 11. The Bertz CT molecular complexity index is 1390. The first-order valence-corrected chi connectivity index (χ1v) is 17.3. The molecule has 4 nitrogen and oxygen atoms in total. The third kappa shape index (κ3) is 7.16. The largest absolute Gasteiger partial charge is 0.457 e. The van der Waals surface area contributed by atoms with Gasteiger partial charge in [0.05, 0.1) is 0 Å². The van der Waals surface area contributed by atoms with Gasteiger partial charge in [0.25, 0.3) is 0 Å². The number of unbranched alkanes of at least 4 members (excludes halogenated alkanes) is 2. The van der Waals surface area contributed by atoms with Crippen LogP contribution >= 0.6 is 0 Å². The first-order valence-electron chi connectivity index (χ1n) is 17.3. The summed E-state index contributed by atoms with van der Waals surface area (Å²) in [5, 5.41) is 0. The number of nitrogen functional groups attached to an aromatic ring is 2. The van der Waals surface area contributed by atoms with E-state index in [0.717, 1.165) is 40.3 Å². The minimum atomic E-state index is -0.0325. The highest BCUT2D eigenvalue weighted by Crippen LogP contribution is 2.56. The van der Waals surface area contributed by atoms with E-state index in [1.54, 1.807) is 0 Å². The summed E-state index contributed by atoms with van der Waals surface area (Å²) in [5.41, 5.74) is 16.5. The Morgan fingerprint density at radius 3 is 1.40 bits per heavy atom. The highest BCUT2D eigenvalue weighted by Gasteiger charge is 2.45. The molecule has 6 rings (SSSR count). The van der Waals surface area contributed by atoms with Crippen molar-refractivity contribution in [3.05, 3.63) is 108 Å². The molecule has 0 heterocycles. The summed E-state index contributed by atoms with van der Waals surface area (Å²) in [6.45, 7) is 2.33. The van der Waals surface area contributed by atoms with Crippen molar-refractivity contribution in [1.29, 1.82) is 0 Å². The van der Waals surface area contributed by atoms with Gasteiger partial charge in [-0.25, -0.2) is 0 Å². The second-order valence-electron chi connectivity index (χ2n) is 13.6. The molecular weight excluding hydrogens is 552 g/mol. The van der Waals surface area contributed by atoms with Gasteiger partial charge in [0.2, 0.25) is 0 Å². The van der Waals surface area contributed by atoms with E-state index in [0.29, 0.717) is 5.41 Å². The van der Waals surface area contributed by atoms with Gasteiger partial charge in [0.1, 0.15) is 23.0 Å². The summed E-state index contributed by atoms with van der Waals surface area (Å²) in [5.74, 6) is 4.10. The van der Waals surface area contributed by atoms with Crippen LogP contribution in [0.1, 0.15) is 102 Å². The Hall–Kier alpha value is -3.92. The van der Waals surface area contributed by atoms with Crippen LogP contribution in [0.15, 0.2) is 97.1 Å². The van der Waals surface area contributed by atoms with Gasteiger partial charge >= 0.3 is 0 Å². The number of benzene rings is 4. The van der Waals surface area contributed by atoms with Crippen molar-refractivity contribution in [2.45, 2.75) is 95.8 Å². The van der Waals surface area contributed by atoms with Gasteiger partial charge in [-0.05, 0) is 140 Å². The quantitative estimate of drug-likeness (QED) is 0.132. The molecule has 0 amide bonds. The number of ether oxygens (including phenoxy) is 2. The van der Waals surface area contributed by atoms with Crippen molar-refractivity contribution < 1.29 is 9.47 Å². The molecule has 4 aromatic carbocycles. The van der Waals surface area contributed by atoms with E-state index in [9.17, 15) is 0 Å². The maximum absolute atomic E-state index is 6.17. The minimum absolute atomic E-state index is 0.0325. The van der Waals surface area contributed by atoms with Crippen LogP contribution in [0, 0.1) is 11.3 Å². The summed E-state index contributed by atoms with van der Waals surface area (Å²) >= 11 is 0. The molecular formula is C41H50N2O2. The molecule has 0 aromatic heterocycles. The van der Waals surface area contributed by atoms with Crippen LogP contribution in [0.3, 0.4) is 0 Å². The molecule has 0 bridgehead atoms. The lowest BCUT2D eigenvalue weighted by Crippen LogP contribution is -2.40. The lowest BCUT2D eigenvalue weighted by molar-refractivity contribution is 0.0423. The Morgan fingerprint density at radius 2 is 0.978 bits per heavy atom.